The number of amides is 1. The minimum absolute atomic E-state index is 0.0192. The Labute approximate surface area is 192 Å². The molecule has 3 rings (SSSR count). The molecule has 1 N–H and O–H groups in total. The third-order valence-corrected chi connectivity index (χ3v) is 5.90. The highest BCUT2D eigenvalue weighted by Crippen LogP contribution is 2.29. The maximum atomic E-state index is 12.6. The third-order valence-electron chi connectivity index (χ3n) is 4.25. The van der Waals surface area contributed by atoms with Crippen LogP contribution in [0.3, 0.4) is 0 Å². The summed E-state index contributed by atoms with van der Waals surface area (Å²) >= 11 is 3.53. The number of hydrogen-bond donors (Lipinski definition) is 1. The number of para-hydroxylation sites is 2. The number of thioether (sulfide) groups is 1. The van der Waals surface area contributed by atoms with Gasteiger partial charge in [0.05, 0.1) is 18.6 Å². The molecule has 0 saturated carbocycles. The van der Waals surface area contributed by atoms with Crippen molar-refractivity contribution in [3.8, 4) is 11.4 Å². The lowest BCUT2D eigenvalue weighted by Crippen LogP contribution is -2.23. The molecule has 0 unspecified atom stereocenters. The van der Waals surface area contributed by atoms with E-state index in [4.69, 9.17) is 4.74 Å². The molecule has 0 spiro atoms. The smallest absolute Gasteiger partial charge is 0.216 e. The highest BCUT2D eigenvalue weighted by atomic mass is 127. The molecular weight excluding hydrogens is 515 g/mol. The van der Waals surface area contributed by atoms with E-state index in [0.717, 1.165) is 9.26 Å². The summed E-state index contributed by atoms with van der Waals surface area (Å²) in [5.74, 6) is 1.50. The summed E-state index contributed by atoms with van der Waals surface area (Å²) in [6.07, 6.45) is 0.496. The Morgan fingerprint density at radius 3 is 2.57 bits per heavy atom. The monoisotopic (exact) mass is 536 g/mol. The number of Topliss-reactive ketones (excluding diaryl/α,β-unsaturated/α-hetero) is 1. The van der Waals surface area contributed by atoms with Crippen molar-refractivity contribution in [3.05, 3.63) is 63.5 Å². The number of carbonyl (C=O) groups is 2. The van der Waals surface area contributed by atoms with Crippen molar-refractivity contribution < 1.29 is 14.3 Å². The molecule has 7 nitrogen and oxygen atoms in total. The zero-order valence-corrected chi connectivity index (χ0v) is 19.6. The first kappa shape index (κ1) is 22.3. The first-order valence-electron chi connectivity index (χ1n) is 9.23. The van der Waals surface area contributed by atoms with Crippen LogP contribution in [0, 0.1) is 3.57 Å². The maximum Gasteiger partial charge on any atom is 0.216 e. The number of halogens is 1. The zero-order chi connectivity index (χ0) is 21.5. The number of rotatable bonds is 9. The maximum absolute atomic E-state index is 12.6. The Bertz CT molecular complexity index is 1040. The third kappa shape index (κ3) is 5.60. The Morgan fingerprint density at radius 1 is 1.13 bits per heavy atom. The molecule has 2 aromatic carbocycles. The lowest BCUT2D eigenvalue weighted by atomic mass is 10.2. The highest BCUT2D eigenvalue weighted by molar-refractivity contribution is 14.1. The minimum atomic E-state index is -0.101. The number of ketones is 1. The first-order valence-corrected chi connectivity index (χ1v) is 11.3. The van der Waals surface area contributed by atoms with Crippen LogP contribution in [0.5, 0.6) is 5.75 Å². The number of benzene rings is 2. The summed E-state index contributed by atoms with van der Waals surface area (Å²) in [6, 6.07) is 15.0. The largest absolute Gasteiger partial charge is 0.495 e. The van der Waals surface area contributed by atoms with E-state index in [1.54, 1.807) is 7.11 Å². The van der Waals surface area contributed by atoms with E-state index in [9.17, 15) is 9.59 Å². The Kier molecular flexibility index (Phi) is 7.86. The van der Waals surface area contributed by atoms with Gasteiger partial charge < -0.3 is 10.1 Å². The van der Waals surface area contributed by atoms with Crippen LogP contribution >= 0.6 is 34.4 Å². The molecule has 0 fully saturated rings. The summed E-state index contributed by atoms with van der Waals surface area (Å²) < 4.78 is 8.47. The summed E-state index contributed by atoms with van der Waals surface area (Å²) in [6.45, 7) is 1.91. The number of nitrogens with one attached hydrogen (secondary N) is 1. The van der Waals surface area contributed by atoms with Crippen molar-refractivity contribution in [1.82, 2.24) is 20.1 Å². The Morgan fingerprint density at radius 2 is 1.87 bits per heavy atom. The standard InChI is InChI=1S/C21H21IN4O3S/c1-14(27)23-12-11-20-24-25-21(26(20)17-5-3-4-6-19(17)29-2)30-13-18(28)15-7-9-16(22)10-8-15/h3-10H,11-13H2,1-2H3,(H,23,27). The second-order valence-electron chi connectivity index (χ2n) is 6.36. The van der Waals surface area contributed by atoms with Gasteiger partial charge in [-0.15, -0.1) is 10.2 Å². The molecule has 3 aromatic rings. The molecule has 30 heavy (non-hydrogen) atoms. The predicted octanol–water partition coefficient (Wildman–Crippen LogP) is 3.53. The van der Waals surface area contributed by atoms with Crippen LogP contribution in [0.15, 0.2) is 53.7 Å². The van der Waals surface area contributed by atoms with Gasteiger partial charge in [0.1, 0.15) is 11.6 Å². The van der Waals surface area contributed by atoms with E-state index in [1.807, 2.05) is 53.1 Å². The fourth-order valence-corrected chi connectivity index (χ4v) is 4.03. The van der Waals surface area contributed by atoms with Crippen LogP contribution in [0.25, 0.3) is 5.69 Å². The SMILES string of the molecule is COc1ccccc1-n1c(CCNC(C)=O)nnc1SCC(=O)c1ccc(I)cc1. The second kappa shape index (κ2) is 10.6. The van der Waals surface area contributed by atoms with Gasteiger partial charge in [0.15, 0.2) is 10.9 Å². The van der Waals surface area contributed by atoms with Gasteiger partial charge in [0.25, 0.3) is 0 Å². The van der Waals surface area contributed by atoms with Crippen molar-refractivity contribution >= 4 is 46.0 Å². The molecule has 0 aliphatic rings. The normalized spacial score (nSPS) is 10.6. The van der Waals surface area contributed by atoms with Crippen LogP contribution in [0.2, 0.25) is 0 Å². The quantitative estimate of drug-likeness (QED) is 0.256. The van der Waals surface area contributed by atoms with E-state index < -0.39 is 0 Å². The van der Waals surface area contributed by atoms with Crippen LogP contribution < -0.4 is 10.1 Å². The molecule has 0 radical (unpaired) electrons. The molecule has 1 amide bonds. The summed E-state index contributed by atoms with van der Waals surface area (Å²) in [5.41, 5.74) is 1.45. The molecule has 0 aliphatic heterocycles. The predicted molar refractivity (Wildman–Crippen MR) is 125 cm³/mol. The van der Waals surface area contributed by atoms with Crippen molar-refractivity contribution in [3.63, 3.8) is 0 Å². The van der Waals surface area contributed by atoms with Gasteiger partial charge in [0.2, 0.25) is 5.91 Å². The van der Waals surface area contributed by atoms with Crippen LogP contribution in [0.1, 0.15) is 23.1 Å². The van der Waals surface area contributed by atoms with E-state index in [0.29, 0.717) is 35.3 Å². The highest BCUT2D eigenvalue weighted by Gasteiger charge is 2.19. The molecule has 9 heteroatoms. The first-order chi connectivity index (χ1) is 14.5. The molecule has 1 heterocycles. The van der Waals surface area contributed by atoms with Crippen LogP contribution in [-0.4, -0.2) is 45.9 Å². The van der Waals surface area contributed by atoms with Gasteiger partial charge in [-0.1, -0.05) is 36.0 Å². The molecular formula is C21H21IN4O3S. The molecule has 0 aliphatic carbocycles. The summed E-state index contributed by atoms with van der Waals surface area (Å²) in [7, 11) is 1.60. The fraction of sp³-hybridized carbons (Fsp3) is 0.238. The van der Waals surface area contributed by atoms with Crippen molar-refractivity contribution in [2.45, 2.75) is 18.5 Å². The lowest BCUT2D eigenvalue weighted by molar-refractivity contribution is -0.118. The second-order valence-corrected chi connectivity index (χ2v) is 8.55. The number of nitrogens with zero attached hydrogens (tertiary/aromatic N) is 3. The van der Waals surface area contributed by atoms with Crippen molar-refractivity contribution in [2.24, 2.45) is 0 Å². The van der Waals surface area contributed by atoms with Gasteiger partial charge in [-0.25, -0.2) is 0 Å². The molecule has 0 atom stereocenters. The number of ether oxygens (including phenoxy) is 1. The van der Waals surface area contributed by atoms with Gasteiger partial charge in [-0.05, 0) is 46.9 Å². The molecule has 0 bridgehead atoms. The average molecular weight is 536 g/mol. The van der Waals surface area contributed by atoms with Crippen LogP contribution in [-0.2, 0) is 11.2 Å². The average Bonchev–Trinajstić information content (AvgIpc) is 3.14. The van der Waals surface area contributed by atoms with Gasteiger partial charge in [-0.2, -0.15) is 0 Å². The molecule has 1 aromatic heterocycles. The van der Waals surface area contributed by atoms with E-state index in [-0.39, 0.29) is 17.4 Å². The van der Waals surface area contributed by atoms with E-state index in [1.165, 1.54) is 18.7 Å². The van der Waals surface area contributed by atoms with Gasteiger partial charge in [-0.3, -0.25) is 14.2 Å². The van der Waals surface area contributed by atoms with Gasteiger partial charge in [0, 0.05) is 29.0 Å². The van der Waals surface area contributed by atoms with Crippen LogP contribution in [0.4, 0.5) is 0 Å². The van der Waals surface area contributed by atoms with Gasteiger partial charge >= 0.3 is 0 Å². The number of carbonyl (C=O) groups excluding carboxylic acids is 2. The zero-order valence-electron chi connectivity index (χ0n) is 16.6. The summed E-state index contributed by atoms with van der Waals surface area (Å²) in [4.78, 5) is 23.8. The fourth-order valence-electron chi connectivity index (χ4n) is 2.81. The van der Waals surface area contributed by atoms with E-state index >= 15 is 0 Å². The van der Waals surface area contributed by atoms with E-state index in [2.05, 4.69) is 38.1 Å². The number of aromatic nitrogens is 3. The number of methoxy groups -OCH3 is 1. The minimum Gasteiger partial charge on any atom is -0.495 e. The Balaban J connectivity index is 1.86. The molecule has 0 saturated heterocycles. The Hall–Kier alpha value is -2.40. The number of hydrogen-bond acceptors (Lipinski definition) is 6. The van der Waals surface area contributed by atoms with Crippen molar-refractivity contribution in [1.29, 1.82) is 0 Å². The van der Waals surface area contributed by atoms with Crippen molar-refractivity contribution in [2.75, 3.05) is 19.4 Å². The summed E-state index contributed by atoms with van der Waals surface area (Å²) in [5, 5.41) is 12.0. The topological polar surface area (TPSA) is 86.1 Å². The lowest BCUT2D eigenvalue weighted by Gasteiger charge is -2.13. The molecule has 156 valence electrons.